The Hall–Kier alpha value is -1.90. The Balaban J connectivity index is 2.40. The second kappa shape index (κ2) is 5.00. The van der Waals surface area contributed by atoms with Crippen LogP contribution in [-0.2, 0) is 0 Å². The Labute approximate surface area is 111 Å². The van der Waals surface area contributed by atoms with Crippen LogP contribution in [0.15, 0.2) is 42.5 Å². The Morgan fingerprint density at radius 1 is 1.05 bits per heavy atom. The van der Waals surface area contributed by atoms with Crippen molar-refractivity contribution >= 4 is 0 Å². The molecule has 19 heavy (non-hydrogen) atoms. The van der Waals surface area contributed by atoms with Crippen LogP contribution in [0.25, 0.3) is 11.1 Å². The van der Waals surface area contributed by atoms with Gasteiger partial charge >= 0.3 is 0 Å². The minimum atomic E-state index is -1.76. The highest BCUT2D eigenvalue weighted by atomic mass is 19.2. The van der Waals surface area contributed by atoms with Gasteiger partial charge in [0.05, 0.1) is 0 Å². The van der Waals surface area contributed by atoms with Gasteiger partial charge in [-0.15, -0.1) is 0 Å². The van der Waals surface area contributed by atoms with Crippen LogP contribution >= 0.6 is 0 Å². The lowest BCUT2D eigenvalue weighted by molar-refractivity contribution is -0.0256. The van der Waals surface area contributed by atoms with Gasteiger partial charge in [0.2, 0.25) is 5.85 Å². The average molecular weight is 262 g/mol. The topological polar surface area (TPSA) is 9.23 Å². The molecular formula is C16H16F2O. The molecule has 0 spiro atoms. The standard InChI is InChI=1S/C16H16F2O/c1-11-7-8-15(17)14(9-11)12-5-4-6-13(10-12)19-16(2,3)18/h4-10H,1-3H3. The van der Waals surface area contributed by atoms with Crippen LogP contribution in [0.1, 0.15) is 19.4 Å². The van der Waals surface area contributed by atoms with Crippen LogP contribution in [-0.4, -0.2) is 5.85 Å². The van der Waals surface area contributed by atoms with E-state index < -0.39 is 5.85 Å². The van der Waals surface area contributed by atoms with Crippen molar-refractivity contribution in [1.29, 1.82) is 0 Å². The maximum absolute atomic E-state index is 13.8. The molecule has 0 radical (unpaired) electrons. The van der Waals surface area contributed by atoms with E-state index in [-0.39, 0.29) is 5.82 Å². The van der Waals surface area contributed by atoms with E-state index in [1.807, 2.05) is 6.92 Å². The Morgan fingerprint density at radius 2 is 1.79 bits per heavy atom. The van der Waals surface area contributed by atoms with Crippen molar-refractivity contribution in [1.82, 2.24) is 0 Å². The summed E-state index contributed by atoms with van der Waals surface area (Å²) >= 11 is 0. The number of hydrogen-bond donors (Lipinski definition) is 0. The molecule has 0 aliphatic rings. The van der Waals surface area contributed by atoms with Gasteiger partial charge in [-0.1, -0.05) is 23.8 Å². The Kier molecular flexibility index (Phi) is 3.56. The van der Waals surface area contributed by atoms with Crippen LogP contribution in [0, 0.1) is 12.7 Å². The molecule has 0 aromatic heterocycles. The third kappa shape index (κ3) is 3.53. The van der Waals surface area contributed by atoms with Crippen molar-refractivity contribution in [2.45, 2.75) is 26.6 Å². The predicted octanol–water partition coefficient (Wildman–Crippen LogP) is 4.89. The van der Waals surface area contributed by atoms with Gasteiger partial charge in [-0.2, -0.15) is 4.39 Å². The van der Waals surface area contributed by atoms with Crippen molar-refractivity contribution in [3.05, 3.63) is 53.8 Å². The summed E-state index contributed by atoms with van der Waals surface area (Å²) in [4.78, 5) is 0. The number of halogens is 2. The van der Waals surface area contributed by atoms with Gasteiger partial charge in [-0.05, 0) is 36.8 Å². The molecule has 2 aromatic rings. The molecule has 0 amide bonds. The smallest absolute Gasteiger partial charge is 0.242 e. The van der Waals surface area contributed by atoms with Gasteiger partial charge in [0, 0.05) is 19.4 Å². The molecule has 3 heteroatoms. The highest BCUT2D eigenvalue weighted by Crippen LogP contribution is 2.28. The number of aryl methyl sites for hydroxylation is 1. The van der Waals surface area contributed by atoms with E-state index in [9.17, 15) is 8.78 Å². The zero-order chi connectivity index (χ0) is 14.0. The molecule has 1 nitrogen and oxygen atoms in total. The second-order valence-electron chi connectivity index (χ2n) is 4.98. The molecule has 0 saturated carbocycles. The Bertz CT molecular complexity index is 586. The highest BCUT2D eigenvalue weighted by molar-refractivity contribution is 5.66. The molecule has 0 fully saturated rings. The number of ether oxygens (including phenoxy) is 1. The van der Waals surface area contributed by atoms with E-state index in [0.29, 0.717) is 16.9 Å². The van der Waals surface area contributed by atoms with Crippen molar-refractivity contribution in [2.75, 3.05) is 0 Å². The van der Waals surface area contributed by atoms with E-state index in [1.54, 1.807) is 36.4 Å². The molecule has 0 bridgehead atoms. The third-order valence-corrected chi connectivity index (χ3v) is 2.63. The maximum Gasteiger partial charge on any atom is 0.242 e. The van der Waals surface area contributed by atoms with Gasteiger partial charge in [-0.3, -0.25) is 0 Å². The lowest BCUT2D eigenvalue weighted by atomic mass is 10.0. The third-order valence-electron chi connectivity index (χ3n) is 2.63. The lowest BCUT2D eigenvalue weighted by Gasteiger charge is -2.17. The van der Waals surface area contributed by atoms with Crippen LogP contribution in [0.3, 0.4) is 0 Å². The summed E-state index contributed by atoms with van der Waals surface area (Å²) in [6, 6.07) is 11.7. The van der Waals surface area contributed by atoms with Gasteiger partial charge in [0.15, 0.2) is 0 Å². The summed E-state index contributed by atoms with van der Waals surface area (Å²) in [6.45, 7) is 4.55. The summed E-state index contributed by atoms with van der Waals surface area (Å²) in [7, 11) is 0. The molecule has 100 valence electrons. The van der Waals surface area contributed by atoms with Crippen molar-refractivity contribution in [2.24, 2.45) is 0 Å². The summed E-state index contributed by atoms with van der Waals surface area (Å²) in [5.41, 5.74) is 2.12. The molecule has 2 aromatic carbocycles. The molecule has 0 unspecified atom stereocenters. The summed E-state index contributed by atoms with van der Waals surface area (Å²) in [5.74, 6) is -1.68. The first-order valence-electron chi connectivity index (χ1n) is 6.10. The molecule has 0 N–H and O–H groups in total. The first kappa shape index (κ1) is 13.5. The Morgan fingerprint density at radius 3 is 2.47 bits per heavy atom. The number of alkyl halides is 1. The first-order valence-corrected chi connectivity index (χ1v) is 6.10. The normalized spacial score (nSPS) is 11.4. The fraction of sp³-hybridized carbons (Fsp3) is 0.250. The first-order chi connectivity index (χ1) is 8.85. The predicted molar refractivity (Wildman–Crippen MR) is 72.4 cm³/mol. The van der Waals surface area contributed by atoms with Crippen molar-refractivity contribution in [3.8, 4) is 16.9 Å². The molecular weight excluding hydrogens is 246 g/mol. The number of rotatable bonds is 3. The van der Waals surface area contributed by atoms with E-state index in [4.69, 9.17) is 4.74 Å². The average Bonchev–Trinajstić information content (AvgIpc) is 2.30. The molecule has 0 saturated heterocycles. The number of benzene rings is 2. The van der Waals surface area contributed by atoms with Gasteiger partial charge in [0.25, 0.3) is 0 Å². The van der Waals surface area contributed by atoms with Crippen molar-refractivity contribution < 1.29 is 13.5 Å². The van der Waals surface area contributed by atoms with E-state index >= 15 is 0 Å². The molecule has 0 aliphatic carbocycles. The zero-order valence-electron chi connectivity index (χ0n) is 11.2. The fourth-order valence-corrected chi connectivity index (χ4v) is 1.87. The SMILES string of the molecule is Cc1ccc(F)c(-c2cccc(OC(C)(C)F)c2)c1. The zero-order valence-corrected chi connectivity index (χ0v) is 11.2. The van der Waals surface area contributed by atoms with E-state index in [1.165, 1.54) is 19.9 Å². The lowest BCUT2D eigenvalue weighted by Crippen LogP contribution is -2.20. The molecule has 0 aliphatic heterocycles. The maximum atomic E-state index is 13.8. The van der Waals surface area contributed by atoms with Crippen LogP contribution < -0.4 is 4.74 Å². The highest BCUT2D eigenvalue weighted by Gasteiger charge is 2.17. The summed E-state index contributed by atoms with van der Waals surface area (Å²) in [5, 5.41) is 0. The van der Waals surface area contributed by atoms with E-state index in [2.05, 4.69) is 0 Å². The minimum Gasteiger partial charge on any atom is -0.459 e. The van der Waals surface area contributed by atoms with Gasteiger partial charge in [-0.25, -0.2) is 4.39 Å². The monoisotopic (exact) mass is 262 g/mol. The van der Waals surface area contributed by atoms with Crippen LogP contribution in [0.5, 0.6) is 5.75 Å². The van der Waals surface area contributed by atoms with Gasteiger partial charge < -0.3 is 4.74 Å². The van der Waals surface area contributed by atoms with Crippen molar-refractivity contribution in [3.63, 3.8) is 0 Å². The molecule has 2 rings (SSSR count). The molecule has 0 atom stereocenters. The second-order valence-corrected chi connectivity index (χ2v) is 4.98. The quantitative estimate of drug-likeness (QED) is 0.765. The van der Waals surface area contributed by atoms with E-state index in [0.717, 1.165) is 5.56 Å². The largest absolute Gasteiger partial charge is 0.459 e. The molecule has 0 heterocycles. The minimum absolute atomic E-state index is 0.303. The fourth-order valence-electron chi connectivity index (χ4n) is 1.87. The van der Waals surface area contributed by atoms with Crippen LogP contribution in [0.4, 0.5) is 8.78 Å². The van der Waals surface area contributed by atoms with Crippen LogP contribution in [0.2, 0.25) is 0 Å². The summed E-state index contributed by atoms with van der Waals surface area (Å²) < 4.78 is 32.4. The van der Waals surface area contributed by atoms with Gasteiger partial charge in [0.1, 0.15) is 11.6 Å². The summed E-state index contributed by atoms with van der Waals surface area (Å²) in [6.07, 6.45) is 0. The number of hydrogen-bond acceptors (Lipinski definition) is 1.